The zero-order chi connectivity index (χ0) is 9.10. The summed E-state index contributed by atoms with van der Waals surface area (Å²) in [4.78, 5) is 0. The molecule has 1 unspecified atom stereocenters. The highest BCUT2D eigenvalue weighted by atomic mass is 31.1. The largest absolute Gasteiger partial charge is 0.319 e. The molecule has 1 aromatic carbocycles. The SMILES string of the molecule is O=[PH]1OCC[C@H](c2ccccc2)O1. The molecule has 0 saturated carbocycles. The van der Waals surface area contributed by atoms with Gasteiger partial charge in [0.05, 0.1) is 12.7 Å². The molecule has 1 aliphatic heterocycles. The first kappa shape index (κ1) is 8.95. The fourth-order valence-electron chi connectivity index (χ4n) is 1.36. The predicted molar refractivity (Wildman–Crippen MR) is 49.8 cm³/mol. The second kappa shape index (κ2) is 4.05. The minimum Gasteiger partial charge on any atom is -0.311 e. The summed E-state index contributed by atoms with van der Waals surface area (Å²) in [5.74, 6) is 0. The zero-order valence-electron chi connectivity index (χ0n) is 7.10. The van der Waals surface area contributed by atoms with Crippen LogP contribution in [0, 0.1) is 0 Å². The van der Waals surface area contributed by atoms with Crippen LogP contribution in [0.4, 0.5) is 0 Å². The van der Waals surface area contributed by atoms with Crippen LogP contribution < -0.4 is 0 Å². The van der Waals surface area contributed by atoms with E-state index in [4.69, 9.17) is 9.05 Å². The Kier molecular flexibility index (Phi) is 2.79. The first-order valence-corrected chi connectivity index (χ1v) is 5.47. The monoisotopic (exact) mass is 198 g/mol. The van der Waals surface area contributed by atoms with E-state index in [1.165, 1.54) is 0 Å². The lowest BCUT2D eigenvalue weighted by Gasteiger charge is -2.22. The molecule has 0 bridgehead atoms. The van der Waals surface area contributed by atoms with Gasteiger partial charge in [-0.2, -0.15) is 0 Å². The lowest BCUT2D eigenvalue weighted by molar-refractivity contribution is 0.0968. The van der Waals surface area contributed by atoms with Crippen LogP contribution in [-0.4, -0.2) is 6.61 Å². The zero-order valence-corrected chi connectivity index (χ0v) is 8.10. The molecule has 13 heavy (non-hydrogen) atoms. The van der Waals surface area contributed by atoms with Crippen LogP contribution in [-0.2, 0) is 13.6 Å². The summed E-state index contributed by atoms with van der Waals surface area (Å²) < 4.78 is 21.0. The van der Waals surface area contributed by atoms with Gasteiger partial charge in [-0.1, -0.05) is 30.3 Å². The maximum Gasteiger partial charge on any atom is 0.319 e. The Morgan fingerprint density at radius 1 is 1.31 bits per heavy atom. The molecule has 1 saturated heterocycles. The Morgan fingerprint density at radius 2 is 2.08 bits per heavy atom. The van der Waals surface area contributed by atoms with Gasteiger partial charge in [0.2, 0.25) is 0 Å². The van der Waals surface area contributed by atoms with Crippen molar-refractivity contribution in [2.45, 2.75) is 12.5 Å². The van der Waals surface area contributed by atoms with Crippen molar-refractivity contribution in [3.8, 4) is 0 Å². The van der Waals surface area contributed by atoms with Gasteiger partial charge in [0.15, 0.2) is 0 Å². The molecule has 0 aliphatic carbocycles. The number of benzene rings is 1. The van der Waals surface area contributed by atoms with Crippen molar-refractivity contribution in [3.63, 3.8) is 0 Å². The molecule has 4 heteroatoms. The molecular weight excluding hydrogens is 187 g/mol. The molecule has 0 aromatic heterocycles. The molecule has 0 spiro atoms. The van der Waals surface area contributed by atoms with Crippen LogP contribution in [0.2, 0.25) is 0 Å². The summed E-state index contributed by atoms with van der Waals surface area (Å²) in [6.07, 6.45) is 0.724. The topological polar surface area (TPSA) is 35.5 Å². The average molecular weight is 198 g/mol. The Hall–Kier alpha value is -0.630. The van der Waals surface area contributed by atoms with Gasteiger partial charge in [0.25, 0.3) is 0 Å². The molecule has 70 valence electrons. The van der Waals surface area contributed by atoms with E-state index in [0.717, 1.165) is 12.0 Å². The van der Waals surface area contributed by atoms with E-state index in [1.54, 1.807) is 0 Å². The molecular formula is C9H11O3P. The van der Waals surface area contributed by atoms with Gasteiger partial charge in [0.1, 0.15) is 0 Å². The van der Waals surface area contributed by atoms with Crippen LogP contribution in [0.3, 0.4) is 0 Å². The minimum atomic E-state index is -2.24. The predicted octanol–water partition coefficient (Wildman–Crippen LogP) is 2.55. The van der Waals surface area contributed by atoms with E-state index in [2.05, 4.69) is 0 Å². The maximum atomic E-state index is 11.0. The minimum absolute atomic E-state index is 0.0543. The smallest absolute Gasteiger partial charge is 0.311 e. The fourth-order valence-corrected chi connectivity index (χ4v) is 2.20. The normalized spacial score (nSPS) is 28.6. The van der Waals surface area contributed by atoms with Crippen LogP contribution in [0.1, 0.15) is 18.1 Å². The summed E-state index contributed by atoms with van der Waals surface area (Å²) in [5.41, 5.74) is 1.07. The fraction of sp³-hybridized carbons (Fsp3) is 0.333. The van der Waals surface area contributed by atoms with Crippen LogP contribution in [0.5, 0.6) is 0 Å². The van der Waals surface area contributed by atoms with Crippen LogP contribution >= 0.6 is 8.25 Å². The van der Waals surface area contributed by atoms with Gasteiger partial charge in [-0.25, -0.2) is 0 Å². The molecule has 0 N–H and O–H groups in total. The van der Waals surface area contributed by atoms with Gasteiger partial charge < -0.3 is 9.05 Å². The molecule has 1 heterocycles. The van der Waals surface area contributed by atoms with E-state index >= 15 is 0 Å². The first-order chi connectivity index (χ1) is 6.36. The Bertz CT molecular complexity index is 299. The van der Waals surface area contributed by atoms with E-state index in [0.29, 0.717) is 6.61 Å². The molecule has 1 fully saturated rings. The Labute approximate surface area is 77.6 Å². The maximum absolute atomic E-state index is 11.0. The number of hydrogen-bond acceptors (Lipinski definition) is 3. The van der Waals surface area contributed by atoms with Crippen molar-refractivity contribution in [2.75, 3.05) is 6.61 Å². The summed E-state index contributed by atoms with van der Waals surface area (Å²) in [6.45, 7) is 0.525. The van der Waals surface area contributed by atoms with Crippen molar-refractivity contribution in [3.05, 3.63) is 35.9 Å². The summed E-state index contributed by atoms with van der Waals surface area (Å²) in [7, 11) is -2.24. The highest BCUT2D eigenvalue weighted by molar-refractivity contribution is 7.33. The molecule has 0 radical (unpaired) electrons. The standard InChI is InChI=1S/C9H11O3P/c10-13-11-7-6-9(12-13)8-4-2-1-3-5-8/h1-5,9,13H,6-7H2/t9-/m1/s1. The molecule has 0 amide bonds. The quantitative estimate of drug-likeness (QED) is 0.650. The van der Waals surface area contributed by atoms with E-state index < -0.39 is 8.25 Å². The lowest BCUT2D eigenvalue weighted by Crippen LogP contribution is -2.08. The third kappa shape index (κ3) is 2.19. The van der Waals surface area contributed by atoms with Gasteiger partial charge >= 0.3 is 8.25 Å². The Balaban J connectivity index is 2.13. The highest BCUT2D eigenvalue weighted by Crippen LogP contribution is 2.39. The van der Waals surface area contributed by atoms with Crippen molar-refractivity contribution in [1.82, 2.24) is 0 Å². The van der Waals surface area contributed by atoms with Crippen molar-refractivity contribution < 1.29 is 13.6 Å². The molecule has 1 aromatic rings. The second-order valence-electron chi connectivity index (χ2n) is 2.90. The Morgan fingerprint density at radius 3 is 2.77 bits per heavy atom. The van der Waals surface area contributed by atoms with Crippen molar-refractivity contribution in [2.24, 2.45) is 0 Å². The molecule has 2 atom stereocenters. The van der Waals surface area contributed by atoms with E-state index in [1.807, 2.05) is 30.3 Å². The third-order valence-electron chi connectivity index (χ3n) is 2.01. The highest BCUT2D eigenvalue weighted by Gasteiger charge is 2.20. The summed E-state index contributed by atoms with van der Waals surface area (Å²) in [6, 6.07) is 9.80. The van der Waals surface area contributed by atoms with E-state index in [-0.39, 0.29) is 6.10 Å². The molecule has 2 rings (SSSR count). The van der Waals surface area contributed by atoms with Gasteiger partial charge in [-0.05, 0) is 5.56 Å². The summed E-state index contributed by atoms with van der Waals surface area (Å²) >= 11 is 0. The average Bonchev–Trinajstić information content (AvgIpc) is 2.19. The number of hydrogen-bond donors (Lipinski definition) is 0. The first-order valence-electron chi connectivity index (χ1n) is 4.24. The molecule has 1 aliphatic rings. The van der Waals surface area contributed by atoms with Crippen LogP contribution in [0.15, 0.2) is 30.3 Å². The van der Waals surface area contributed by atoms with Gasteiger partial charge in [0, 0.05) is 6.42 Å². The van der Waals surface area contributed by atoms with Crippen molar-refractivity contribution in [1.29, 1.82) is 0 Å². The summed E-state index contributed by atoms with van der Waals surface area (Å²) in [5, 5.41) is 0. The van der Waals surface area contributed by atoms with Gasteiger partial charge in [-0.3, -0.25) is 4.57 Å². The van der Waals surface area contributed by atoms with Crippen LogP contribution in [0.25, 0.3) is 0 Å². The molecule has 3 nitrogen and oxygen atoms in total. The number of rotatable bonds is 1. The van der Waals surface area contributed by atoms with Crippen molar-refractivity contribution >= 4 is 8.25 Å². The van der Waals surface area contributed by atoms with E-state index in [9.17, 15) is 4.57 Å². The lowest BCUT2D eigenvalue weighted by atomic mass is 10.1. The van der Waals surface area contributed by atoms with Gasteiger partial charge in [-0.15, -0.1) is 0 Å². The second-order valence-corrected chi connectivity index (χ2v) is 3.93. The third-order valence-corrected chi connectivity index (χ3v) is 2.93.